The van der Waals surface area contributed by atoms with Crippen LogP contribution in [0.2, 0.25) is 0 Å². The third-order valence-electron chi connectivity index (χ3n) is 1.73. The van der Waals surface area contributed by atoms with E-state index in [2.05, 4.69) is 21.6 Å². The van der Waals surface area contributed by atoms with Gasteiger partial charge in [0.05, 0.1) is 6.61 Å². The van der Waals surface area contributed by atoms with Crippen LogP contribution in [0.15, 0.2) is 12.1 Å². The van der Waals surface area contributed by atoms with Gasteiger partial charge in [0, 0.05) is 5.69 Å². The molecule has 0 unspecified atom stereocenters. The molecule has 0 bridgehead atoms. The Morgan fingerprint density at radius 3 is 3.00 bits per heavy atom. The molecule has 84 valence electrons. The molecule has 0 aliphatic carbocycles. The quantitative estimate of drug-likeness (QED) is 0.565. The van der Waals surface area contributed by atoms with Crippen molar-refractivity contribution in [1.82, 2.24) is 4.98 Å². The topological polar surface area (TPSA) is 39.2 Å². The summed E-state index contributed by atoms with van der Waals surface area (Å²) in [6, 6.07) is 2.86. The maximum atomic E-state index is 13.2. The van der Waals surface area contributed by atoms with Crippen LogP contribution in [0.4, 0.5) is 4.39 Å². The Kier molecular flexibility index (Phi) is 4.46. The summed E-state index contributed by atoms with van der Waals surface area (Å²) in [6.45, 7) is 3.78. The number of pyridine rings is 1. The van der Waals surface area contributed by atoms with E-state index in [1.165, 1.54) is 6.07 Å². The molecule has 0 saturated heterocycles. The van der Waals surface area contributed by atoms with E-state index in [4.69, 9.17) is 0 Å². The third-order valence-corrected chi connectivity index (χ3v) is 1.73. The summed E-state index contributed by atoms with van der Waals surface area (Å²) < 4.78 is 17.8. The number of esters is 1. The maximum absolute atomic E-state index is 13.2. The Hall–Kier alpha value is -1.89. The molecule has 0 aliphatic heterocycles. The van der Waals surface area contributed by atoms with E-state index in [9.17, 15) is 9.18 Å². The zero-order valence-corrected chi connectivity index (χ0v) is 9.21. The van der Waals surface area contributed by atoms with Crippen LogP contribution in [0.25, 0.3) is 0 Å². The maximum Gasteiger partial charge on any atom is 0.317 e. The van der Waals surface area contributed by atoms with Crippen LogP contribution >= 0.6 is 0 Å². The van der Waals surface area contributed by atoms with Crippen molar-refractivity contribution in [3.05, 3.63) is 29.3 Å². The van der Waals surface area contributed by atoms with Crippen molar-refractivity contribution >= 4 is 5.97 Å². The highest BCUT2D eigenvalue weighted by Crippen LogP contribution is 2.03. The minimum absolute atomic E-state index is 0.0527. The molecule has 0 radical (unpaired) electrons. The van der Waals surface area contributed by atoms with Crippen molar-refractivity contribution in [2.75, 3.05) is 6.61 Å². The Labute approximate surface area is 93.6 Å². The van der Waals surface area contributed by atoms with Crippen LogP contribution in [0.1, 0.15) is 24.7 Å². The monoisotopic (exact) mass is 221 g/mol. The largest absolute Gasteiger partial charge is 0.465 e. The minimum atomic E-state index is -0.484. The fraction of sp³-hybridized carbons (Fsp3) is 0.333. The number of aryl methyl sites for hydroxylation is 1. The van der Waals surface area contributed by atoms with Crippen molar-refractivity contribution in [3.63, 3.8) is 0 Å². The lowest BCUT2D eigenvalue weighted by molar-refractivity contribution is -0.141. The van der Waals surface area contributed by atoms with E-state index in [1.54, 1.807) is 19.9 Å². The van der Waals surface area contributed by atoms with Crippen molar-refractivity contribution in [2.45, 2.75) is 20.3 Å². The smallest absolute Gasteiger partial charge is 0.317 e. The molecule has 1 heterocycles. The highest BCUT2D eigenvalue weighted by Gasteiger charge is 2.01. The van der Waals surface area contributed by atoms with Gasteiger partial charge < -0.3 is 4.74 Å². The average molecular weight is 221 g/mol. The first-order chi connectivity index (χ1) is 7.63. The SMILES string of the molecule is CCOC(=O)CC#Cc1nc(C)ccc1F. The van der Waals surface area contributed by atoms with Crippen LogP contribution in [-0.4, -0.2) is 17.6 Å². The number of halogens is 1. The summed E-state index contributed by atoms with van der Waals surface area (Å²) in [7, 11) is 0. The van der Waals surface area contributed by atoms with Gasteiger partial charge in [-0.3, -0.25) is 4.79 Å². The fourth-order valence-electron chi connectivity index (χ4n) is 1.04. The zero-order chi connectivity index (χ0) is 12.0. The Bertz CT molecular complexity index is 446. The first-order valence-electron chi connectivity index (χ1n) is 4.91. The molecular weight excluding hydrogens is 209 g/mol. The van der Waals surface area contributed by atoms with E-state index in [0.29, 0.717) is 12.3 Å². The summed E-state index contributed by atoms with van der Waals surface area (Å²) in [5.41, 5.74) is 0.742. The van der Waals surface area contributed by atoms with Crippen molar-refractivity contribution in [3.8, 4) is 11.8 Å². The zero-order valence-electron chi connectivity index (χ0n) is 9.21. The predicted molar refractivity (Wildman–Crippen MR) is 57.1 cm³/mol. The number of hydrogen-bond acceptors (Lipinski definition) is 3. The van der Waals surface area contributed by atoms with E-state index >= 15 is 0 Å². The molecule has 0 aliphatic rings. The molecule has 0 amide bonds. The lowest BCUT2D eigenvalue weighted by Gasteiger charge is -1.96. The standard InChI is InChI=1S/C12H12FNO2/c1-3-16-12(15)6-4-5-11-10(13)8-7-9(2)14-11/h7-8H,3,6H2,1-2H3. The molecule has 4 heteroatoms. The molecule has 0 spiro atoms. The van der Waals surface area contributed by atoms with E-state index in [-0.39, 0.29) is 12.1 Å². The molecular formula is C12H12FNO2. The van der Waals surface area contributed by atoms with Gasteiger partial charge >= 0.3 is 5.97 Å². The molecule has 16 heavy (non-hydrogen) atoms. The van der Waals surface area contributed by atoms with Crippen molar-refractivity contribution in [2.24, 2.45) is 0 Å². The van der Waals surface area contributed by atoms with Crippen LogP contribution in [0.5, 0.6) is 0 Å². The first kappa shape index (κ1) is 12.2. The van der Waals surface area contributed by atoms with Gasteiger partial charge in [-0.25, -0.2) is 9.37 Å². The van der Waals surface area contributed by atoms with Gasteiger partial charge in [-0.05, 0) is 31.9 Å². The summed E-state index contributed by atoms with van der Waals surface area (Å²) in [6.07, 6.45) is -0.0527. The second kappa shape index (κ2) is 5.86. The molecule has 1 aromatic rings. The summed E-state index contributed by atoms with van der Waals surface area (Å²) in [4.78, 5) is 14.9. The summed E-state index contributed by atoms with van der Waals surface area (Å²) >= 11 is 0. The van der Waals surface area contributed by atoms with Gasteiger partial charge in [0.2, 0.25) is 0 Å². The number of aromatic nitrogens is 1. The minimum Gasteiger partial charge on any atom is -0.465 e. The fourth-order valence-corrected chi connectivity index (χ4v) is 1.04. The second-order valence-electron chi connectivity index (χ2n) is 3.07. The molecule has 0 atom stereocenters. The van der Waals surface area contributed by atoms with E-state index < -0.39 is 11.8 Å². The molecule has 1 aromatic heterocycles. The number of nitrogens with zero attached hydrogens (tertiary/aromatic N) is 1. The number of carbonyl (C=O) groups excluding carboxylic acids is 1. The van der Waals surface area contributed by atoms with Gasteiger partial charge in [0.15, 0.2) is 5.82 Å². The molecule has 3 nitrogen and oxygen atoms in total. The predicted octanol–water partition coefficient (Wildman–Crippen LogP) is 1.83. The first-order valence-corrected chi connectivity index (χ1v) is 4.91. The Morgan fingerprint density at radius 2 is 2.31 bits per heavy atom. The Morgan fingerprint density at radius 1 is 1.56 bits per heavy atom. The van der Waals surface area contributed by atoms with Crippen LogP contribution < -0.4 is 0 Å². The second-order valence-corrected chi connectivity index (χ2v) is 3.07. The lowest BCUT2D eigenvalue weighted by Crippen LogP contribution is -2.01. The average Bonchev–Trinajstić information content (AvgIpc) is 2.23. The number of rotatable bonds is 2. The van der Waals surface area contributed by atoms with Gasteiger partial charge in [-0.2, -0.15) is 0 Å². The molecule has 0 fully saturated rings. The molecule has 1 rings (SSSR count). The Balaban J connectivity index is 2.69. The summed E-state index contributed by atoms with van der Waals surface area (Å²) in [5, 5.41) is 0. The van der Waals surface area contributed by atoms with Crippen molar-refractivity contribution < 1.29 is 13.9 Å². The van der Waals surface area contributed by atoms with Crippen LogP contribution in [0, 0.1) is 24.6 Å². The third kappa shape index (κ3) is 3.70. The summed E-state index contributed by atoms with van der Waals surface area (Å²) in [5.74, 6) is 4.14. The highest BCUT2D eigenvalue weighted by atomic mass is 19.1. The van der Waals surface area contributed by atoms with Crippen LogP contribution in [-0.2, 0) is 9.53 Å². The lowest BCUT2D eigenvalue weighted by atomic mass is 10.3. The number of carbonyl (C=O) groups is 1. The van der Waals surface area contributed by atoms with E-state index in [1.807, 2.05) is 0 Å². The van der Waals surface area contributed by atoms with Gasteiger partial charge in [0.25, 0.3) is 0 Å². The molecule has 0 aromatic carbocycles. The van der Waals surface area contributed by atoms with Gasteiger partial charge in [-0.1, -0.05) is 5.92 Å². The number of hydrogen-bond donors (Lipinski definition) is 0. The van der Waals surface area contributed by atoms with E-state index in [0.717, 1.165) is 0 Å². The molecule has 0 saturated carbocycles. The number of ether oxygens (including phenoxy) is 1. The normalized spacial score (nSPS) is 9.19. The van der Waals surface area contributed by atoms with Crippen molar-refractivity contribution in [1.29, 1.82) is 0 Å². The van der Waals surface area contributed by atoms with Gasteiger partial charge in [0.1, 0.15) is 12.1 Å². The van der Waals surface area contributed by atoms with Crippen LogP contribution in [0.3, 0.4) is 0 Å². The molecule has 0 N–H and O–H groups in total. The highest BCUT2D eigenvalue weighted by molar-refractivity contribution is 5.72. The van der Waals surface area contributed by atoms with Gasteiger partial charge in [-0.15, -0.1) is 0 Å².